The van der Waals surface area contributed by atoms with Crippen LogP contribution in [-0.4, -0.2) is 34.0 Å². The molecule has 1 amide bonds. The molecule has 0 atom stereocenters. The molecule has 0 N–H and O–H groups in total. The van der Waals surface area contributed by atoms with Gasteiger partial charge in [-0.25, -0.2) is 9.18 Å². The summed E-state index contributed by atoms with van der Waals surface area (Å²) < 4.78 is 23.9. The molecule has 7 nitrogen and oxygen atoms in total. The molecule has 8 heteroatoms. The van der Waals surface area contributed by atoms with Crippen LogP contribution in [0.15, 0.2) is 62.3 Å². The molecule has 1 saturated heterocycles. The average molecular weight is 433 g/mol. The first-order chi connectivity index (χ1) is 15.5. The Labute approximate surface area is 182 Å². The number of likely N-dealkylation sites (tertiary alicyclic amines) is 1. The van der Waals surface area contributed by atoms with Crippen LogP contribution in [0, 0.1) is 12.7 Å². The van der Waals surface area contributed by atoms with Crippen molar-refractivity contribution in [2.75, 3.05) is 13.1 Å². The van der Waals surface area contributed by atoms with Crippen molar-refractivity contribution in [2.24, 2.45) is 0 Å². The molecule has 0 saturated carbocycles. The van der Waals surface area contributed by atoms with E-state index in [0.29, 0.717) is 54.4 Å². The Balaban J connectivity index is 1.31. The Morgan fingerprint density at radius 2 is 1.81 bits per heavy atom. The van der Waals surface area contributed by atoms with Gasteiger partial charge in [0.25, 0.3) is 5.91 Å². The van der Waals surface area contributed by atoms with E-state index >= 15 is 0 Å². The Bertz CT molecular complexity index is 1350. The summed E-state index contributed by atoms with van der Waals surface area (Å²) in [7, 11) is 0. The van der Waals surface area contributed by atoms with E-state index in [9.17, 15) is 14.0 Å². The second-order valence-corrected chi connectivity index (χ2v) is 7.92. The van der Waals surface area contributed by atoms with E-state index in [1.54, 1.807) is 36.1 Å². The van der Waals surface area contributed by atoms with Crippen molar-refractivity contribution in [3.63, 3.8) is 0 Å². The predicted octanol–water partition coefficient (Wildman–Crippen LogP) is 4.31. The molecule has 1 aliphatic heterocycles. The lowest BCUT2D eigenvalue weighted by atomic mass is 9.95. The van der Waals surface area contributed by atoms with E-state index in [1.165, 1.54) is 12.1 Å². The summed E-state index contributed by atoms with van der Waals surface area (Å²) in [5.74, 6) is 0.263. The minimum atomic E-state index is -0.617. The predicted molar refractivity (Wildman–Crippen MR) is 115 cm³/mol. The number of carbonyl (C=O) groups is 1. The first-order valence-corrected chi connectivity index (χ1v) is 10.4. The maximum absolute atomic E-state index is 13.1. The molecular formula is C24H20FN3O4. The largest absolute Gasteiger partial charge is 0.422 e. The molecule has 0 radical (unpaired) electrons. The van der Waals surface area contributed by atoms with Crippen LogP contribution in [0.5, 0.6) is 0 Å². The topological polar surface area (TPSA) is 89.4 Å². The van der Waals surface area contributed by atoms with E-state index < -0.39 is 5.63 Å². The Morgan fingerprint density at radius 1 is 1.09 bits per heavy atom. The Kier molecular flexibility index (Phi) is 5.05. The summed E-state index contributed by atoms with van der Waals surface area (Å²) in [4.78, 5) is 31.8. The van der Waals surface area contributed by atoms with Crippen molar-refractivity contribution in [1.82, 2.24) is 15.0 Å². The first kappa shape index (κ1) is 20.1. The lowest BCUT2D eigenvalue weighted by molar-refractivity contribution is 0.0699. The number of aryl methyl sites for hydroxylation is 1. The van der Waals surface area contributed by atoms with Crippen molar-refractivity contribution in [2.45, 2.75) is 25.7 Å². The maximum Gasteiger partial charge on any atom is 0.349 e. The third-order valence-corrected chi connectivity index (χ3v) is 5.96. The van der Waals surface area contributed by atoms with Gasteiger partial charge < -0.3 is 13.8 Å². The van der Waals surface area contributed by atoms with Gasteiger partial charge in [0.2, 0.25) is 11.7 Å². The summed E-state index contributed by atoms with van der Waals surface area (Å²) in [6.07, 6.45) is 1.27. The van der Waals surface area contributed by atoms with Gasteiger partial charge in [-0.05, 0) is 55.7 Å². The summed E-state index contributed by atoms with van der Waals surface area (Å²) in [6.45, 7) is 2.70. The van der Waals surface area contributed by atoms with Crippen LogP contribution < -0.4 is 5.63 Å². The minimum absolute atomic E-state index is 0.00913. The number of hydrogen-bond donors (Lipinski definition) is 0. The van der Waals surface area contributed by atoms with Crippen molar-refractivity contribution in [3.05, 3.63) is 81.8 Å². The molecule has 0 aliphatic carbocycles. The van der Waals surface area contributed by atoms with Crippen LogP contribution in [0.25, 0.3) is 22.4 Å². The van der Waals surface area contributed by atoms with Gasteiger partial charge in [0.15, 0.2) is 0 Å². The Morgan fingerprint density at radius 3 is 2.56 bits per heavy atom. The normalized spacial score (nSPS) is 14.8. The number of benzene rings is 2. The van der Waals surface area contributed by atoms with Gasteiger partial charge in [0.05, 0.1) is 0 Å². The van der Waals surface area contributed by atoms with E-state index in [2.05, 4.69) is 10.1 Å². The van der Waals surface area contributed by atoms with Crippen molar-refractivity contribution in [1.29, 1.82) is 0 Å². The van der Waals surface area contributed by atoms with Crippen LogP contribution in [0.3, 0.4) is 0 Å². The number of nitrogens with zero attached hydrogens (tertiary/aromatic N) is 3. The van der Waals surface area contributed by atoms with Gasteiger partial charge in [-0.2, -0.15) is 4.98 Å². The highest BCUT2D eigenvalue weighted by Crippen LogP contribution is 2.30. The fraction of sp³-hybridized carbons (Fsp3) is 0.250. The van der Waals surface area contributed by atoms with Gasteiger partial charge >= 0.3 is 5.63 Å². The monoisotopic (exact) mass is 433 g/mol. The molecule has 2 aromatic heterocycles. The molecule has 162 valence electrons. The number of piperidine rings is 1. The quantitative estimate of drug-likeness (QED) is 0.447. The number of rotatable bonds is 3. The molecule has 32 heavy (non-hydrogen) atoms. The van der Waals surface area contributed by atoms with E-state index in [-0.39, 0.29) is 23.2 Å². The highest BCUT2D eigenvalue weighted by Gasteiger charge is 2.30. The average Bonchev–Trinajstić information content (AvgIpc) is 3.30. The zero-order chi connectivity index (χ0) is 22.2. The smallest absolute Gasteiger partial charge is 0.349 e. The fourth-order valence-electron chi connectivity index (χ4n) is 4.16. The van der Waals surface area contributed by atoms with Gasteiger partial charge in [0.1, 0.15) is 17.0 Å². The molecule has 3 heterocycles. The molecule has 4 aromatic rings. The molecule has 0 spiro atoms. The molecule has 5 rings (SSSR count). The SMILES string of the molecule is Cc1c(C(=O)N2CCC(c3nc(-c4ccc(F)cc4)no3)CC2)c(=O)oc2ccccc12. The van der Waals surface area contributed by atoms with Crippen LogP contribution >= 0.6 is 0 Å². The van der Waals surface area contributed by atoms with Crippen LogP contribution in [0.4, 0.5) is 4.39 Å². The van der Waals surface area contributed by atoms with Crippen LogP contribution in [0.1, 0.15) is 40.6 Å². The number of fused-ring (bicyclic) bond motifs is 1. The molecule has 0 bridgehead atoms. The fourth-order valence-corrected chi connectivity index (χ4v) is 4.16. The number of para-hydroxylation sites is 1. The molecule has 1 fully saturated rings. The zero-order valence-electron chi connectivity index (χ0n) is 17.4. The molecule has 2 aromatic carbocycles. The van der Waals surface area contributed by atoms with E-state index in [1.807, 2.05) is 12.1 Å². The number of halogens is 1. The summed E-state index contributed by atoms with van der Waals surface area (Å²) >= 11 is 0. The van der Waals surface area contributed by atoms with Gasteiger partial charge in [-0.1, -0.05) is 23.4 Å². The summed E-state index contributed by atoms with van der Waals surface area (Å²) in [5.41, 5.74) is 1.24. The summed E-state index contributed by atoms with van der Waals surface area (Å²) in [6, 6.07) is 13.1. The second kappa shape index (κ2) is 8.03. The maximum atomic E-state index is 13.1. The first-order valence-electron chi connectivity index (χ1n) is 10.4. The molecule has 1 aliphatic rings. The lowest BCUT2D eigenvalue weighted by Gasteiger charge is -2.30. The molecular weight excluding hydrogens is 413 g/mol. The third-order valence-electron chi connectivity index (χ3n) is 5.96. The highest BCUT2D eigenvalue weighted by atomic mass is 19.1. The number of carbonyl (C=O) groups excluding carboxylic acids is 1. The number of amides is 1. The zero-order valence-corrected chi connectivity index (χ0v) is 17.4. The van der Waals surface area contributed by atoms with E-state index in [4.69, 9.17) is 8.94 Å². The molecule has 0 unspecified atom stereocenters. The second-order valence-electron chi connectivity index (χ2n) is 7.92. The van der Waals surface area contributed by atoms with Crippen molar-refractivity contribution >= 4 is 16.9 Å². The van der Waals surface area contributed by atoms with Crippen LogP contribution in [-0.2, 0) is 0 Å². The van der Waals surface area contributed by atoms with Gasteiger partial charge in [-0.15, -0.1) is 0 Å². The standard InChI is InChI=1S/C24H20FN3O4/c1-14-18-4-2-3-5-19(18)31-24(30)20(14)23(29)28-12-10-16(11-13-28)22-26-21(27-32-22)15-6-8-17(25)9-7-15/h2-9,16H,10-13H2,1H3. The lowest BCUT2D eigenvalue weighted by Crippen LogP contribution is -2.40. The highest BCUT2D eigenvalue weighted by molar-refractivity contribution is 5.99. The Hall–Kier alpha value is -3.81. The van der Waals surface area contributed by atoms with Gasteiger partial charge in [-0.3, -0.25) is 4.79 Å². The van der Waals surface area contributed by atoms with Crippen LogP contribution in [0.2, 0.25) is 0 Å². The van der Waals surface area contributed by atoms with Crippen molar-refractivity contribution < 1.29 is 18.1 Å². The minimum Gasteiger partial charge on any atom is -0.422 e. The van der Waals surface area contributed by atoms with E-state index in [0.717, 1.165) is 5.39 Å². The van der Waals surface area contributed by atoms with Gasteiger partial charge in [0, 0.05) is 30.0 Å². The van der Waals surface area contributed by atoms with Crippen molar-refractivity contribution in [3.8, 4) is 11.4 Å². The number of hydrogen-bond acceptors (Lipinski definition) is 6. The summed E-state index contributed by atoms with van der Waals surface area (Å²) in [5, 5.41) is 4.76. The number of aromatic nitrogens is 2. The third kappa shape index (κ3) is 3.57.